The molecule has 0 saturated carbocycles. The second kappa shape index (κ2) is 8.67. The van der Waals surface area contributed by atoms with Gasteiger partial charge >= 0.3 is 0 Å². The number of aromatic amines is 1. The van der Waals surface area contributed by atoms with Gasteiger partial charge in [-0.05, 0) is 49.6 Å². The van der Waals surface area contributed by atoms with E-state index in [0.29, 0.717) is 12.4 Å². The van der Waals surface area contributed by atoms with Crippen molar-refractivity contribution >= 4 is 22.5 Å². The molecule has 1 aromatic heterocycles. The Hall–Kier alpha value is -2.88. The standard InChI is InChI=1S/C23H28N4/c1-5-7-23(27-20-11-10-16(2)17(3)14-20)26-18(4)25-15-19-8-6-9-22-21(19)12-13-24-22/h6,8-10,12-14,24-25H,4-5,7,11,15H2,1-3H3/b26-23-,27-20+. The van der Waals surface area contributed by atoms with Crippen molar-refractivity contribution in [3.8, 4) is 0 Å². The van der Waals surface area contributed by atoms with E-state index in [2.05, 4.69) is 79.1 Å². The van der Waals surface area contributed by atoms with Gasteiger partial charge in [0.2, 0.25) is 0 Å². The maximum atomic E-state index is 4.79. The number of nitrogens with zero attached hydrogens (tertiary/aromatic N) is 2. The molecule has 1 heterocycles. The van der Waals surface area contributed by atoms with E-state index in [1.165, 1.54) is 22.1 Å². The van der Waals surface area contributed by atoms with E-state index in [1.807, 2.05) is 6.20 Å². The van der Waals surface area contributed by atoms with Gasteiger partial charge in [0, 0.05) is 42.2 Å². The fourth-order valence-corrected chi connectivity index (χ4v) is 3.14. The molecule has 4 heteroatoms. The molecular formula is C23H28N4. The molecule has 0 amide bonds. The number of benzene rings is 1. The zero-order valence-electron chi connectivity index (χ0n) is 16.5. The lowest BCUT2D eigenvalue weighted by Crippen LogP contribution is -2.13. The Morgan fingerprint density at radius 2 is 2.07 bits per heavy atom. The molecule has 0 aliphatic heterocycles. The monoisotopic (exact) mass is 360 g/mol. The number of H-pyrrole nitrogens is 1. The molecule has 2 aromatic rings. The molecule has 4 nitrogen and oxygen atoms in total. The summed E-state index contributed by atoms with van der Waals surface area (Å²) in [6.45, 7) is 11.2. The van der Waals surface area contributed by atoms with Crippen LogP contribution in [0.1, 0.15) is 45.6 Å². The Morgan fingerprint density at radius 1 is 1.22 bits per heavy atom. The molecule has 0 saturated heterocycles. The number of hydrogen-bond acceptors (Lipinski definition) is 2. The smallest absolute Gasteiger partial charge is 0.130 e. The summed E-state index contributed by atoms with van der Waals surface area (Å²) in [6.07, 6.45) is 9.05. The normalized spacial score (nSPS) is 16.4. The fourth-order valence-electron chi connectivity index (χ4n) is 3.14. The van der Waals surface area contributed by atoms with Crippen LogP contribution in [0, 0.1) is 0 Å². The first-order valence-electron chi connectivity index (χ1n) is 9.55. The van der Waals surface area contributed by atoms with Gasteiger partial charge in [-0.3, -0.25) is 0 Å². The third kappa shape index (κ3) is 4.85. The second-order valence-corrected chi connectivity index (χ2v) is 6.96. The van der Waals surface area contributed by atoms with Crippen molar-refractivity contribution in [2.75, 3.05) is 0 Å². The molecule has 0 radical (unpaired) electrons. The molecule has 0 unspecified atom stereocenters. The van der Waals surface area contributed by atoms with Gasteiger partial charge in [-0.15, -0.1) is 0 Å². The van der Waals surface area contributed by atoms with Crippen molar-refractivity contribution in [1.82, 2.24) is 10.3 Å². The topological polar surface area (TPSA) is 52.5 Å². The lowest BCUT2D eigenvalue weighted by molar-refractivity contribution is 0.805. The summed E-state index contributed by atoms with van der Waals surface area (Å²) in [7, 11) is 0. The molecule has 27 heavy (non-hydrogen) atoms. The number of amidine groups is 1. The highest BCUT2D eigenvalue weighted by Gasteiger charge is 2.07. The molecule has 1 aliphatic rings. The SMILES string of the molecule is C=C(/N=C(CCC)\N=C1\C=C(C)C(C)=CC1)NCc1cccc2[nH]ccc12. The average Bonchev–Trinajstić information content (AvgIpc) is 3.12. The van der Waals surface area contributed by atoms with Crippen LogP contribution in [0.15, 0.2) is 76.1 Å². The Kier molecular flexibility index (Phi) is 6.07. The van der Waals surface area contributed by atoms with Gasteiger partial charge in [0.25, 0.3) is 0 Å². The summed E-state index contributed by atoms with van der Waals surface area (Å²) in [4.78, 5) is 12.7. The fraction of sp³-hybridized carbons (Fsp3) is 0.304. The largest absolute Gasteiger partial charge is 0.366 e. The summed E-state index contributed by atoms with van der Waals surface area (Å²) in [5, 5.41) is 4.55. The van der Waals surface area contributed by atoms with Crippen LogP contribution in [0.5, 0.6) is 0 Å². The van der Waals surface area contributed by atoms with Gasteiger partial charge in [0.15, 0.2) is 0 Å². The molecule has 1 aromatic carbocycles. The highest BCUT2D eigenvalue weighted by atomic mass is 15.1. The van der Waals surface area contributed by atoms with Crippen molar-refractivity contribution in [2.45, 2.75) is 46.6 Å². The van der Waals surface area contributed by atoms with Crippen LogP contribution in [-0.4, -0.2) is 16.5 Å². The predicted octanol–water partition coefficient (Wildman–Crippen LogP) is 5.66. The maximum Gasteiger partial charge on any atom is 0.130 e. The Morgan fingerprint density at radius 3 is 2.85 bits per heavy atom. The summed E-state index contributed by atoms with van der Waals surface area (Å²) in [5.74, 6) is 1.49. The maximum absolute atomic E-state index is 4.79. The molecule has 3 rings (SSSR count). The van der Waals surface area contributed by atoms with Gasteiger partial charge in [0.1, 0.15) is 11.7 Å². The number of fused-ring (bicyclic) bond motifs is 1. The lowest BCUT2D eigenvalue weighted by atomic mass is 9.99. The summed E-state index contributed by atoms with van der Waals surface area (Å²) >= 11 is 0. The average molecular weight is 361 g/mol. The van der Waals surface area contributed by atoms with Crippen LogP contribution in [-0.2, 0) is 6.54 Å². The Labute approximate surface area is 161 Å². The summed E-state index contributed by atoms with van der Waals surface area (Å²) in [6, 6.07) is 8.36. The van der Waals surface area contributed by atoms with E-state index >= 15 is 0 Å². The Balaban J connectivity index is 1.70. The molecule has 140 valence electrons. The van der Waals surface area contributed by atoms with Crippen molar-refractivity contribution in [3.63, 3.8) is 0 Å². The lowest BCUT2D eigenvalue weighted by Gasteiger charge is -2.12. The number of rotatable bonds is 6. The van der Waals surface area contributed by atoms with Gasteiger partial charge in [-0.2, -0.15) is 0 Å². The van der Waals surface area contributed by atoms with E-state index in [9.17, 15) is 0 Å². The van der Waals surface area contributed by atoms with E-state index < -0.39 is 0 Å². The molecule has 0 spiro atoms. The van der Waals surface area contributed by atoms with Crippen LogP contribution in [0.4, 0.5) is 0 Å². The van der Waals surface area contributed by atoms with Crippen LogP contribution in [0.2, 0.25) is 0 Å². The quantitative estimate of drug-likeness (QED) is 0.506. The number of aromatic nitrogens is 1. The molecule has 1 aliphatic carbocycles. The zero-order valence-corrected chi connectivity index (χ0v) is 16.5. The minimum Gasteiger partial charge on any atom is -0.366 e. The van der Waals surface area contributed by atoms with E-state index in [-0.39, 0.29) is 0 Å². The van der Waals surface area contributed by atoms with E-state index in [0.717, 1.165) is 36.3 Å². The number of allylic oxidation sites excluding steroid dienone is 4. The number of nitrogens with one attached hydrogen (secondary N) is 2. The minimum absolute atomic E-state index is 0.651. The number of hydrogen-bond donors (Lipinski definition) is 2. The van der Waals surface area contributed by atoms with Crippen LogP contribution in [0.25, 0.3) is 10.9 Å². The predicted molar refractivity (Wildman–Crippen MR) is 116 cm³/mol. The van der Waals surface area contributed by atoms with Gasteiger partial charge in [0.05, 0.1) is 0 Å². The summed E-state index contributed by atoms with van der Waals surface area (Å²) in [5.41, 5.74) is 6.03. The molecule has 0 bridgehead atoms. The van der Waals surface area contributed by atoms with Gasteiger partial charge in [-0.1, -0.05) is 37.3 Å². The third-order valence-corrected chi connectivity index (χ3v) is 4.80. The molecule has 0 fully saturated rings. The first kappa shape index (κ1) is 18.9. The van der Waals surface area contributed by atoms with E-state index in [1.54, 1.807) is 0 Å². The molecule has 2 N–H and O–H groups in total. The Bertz CT molecular complexity index is 954. The van der Waals surface area contributed by atoms with Crippen LogP contribution < -0.4 is 5.32 Å². The molecular weight excluding hydrogens is 332 g/mol. The highest BCUT2D eigenvalue weighted by molar-refractivity contribution is 6.06. The van der Waals surface area contributed by atoms with Gasteiger partial charge in [-0.25, -0.2) is 9.98 Å². The first-order chi connectivity index (χ1) is 13.1. The second-order valence-electron chi connectivity index (χ2n) is 6.96. The van der Waals surface area contributed by atoms with Crippen molar-refractivity contribution in [3.05, 3.63) is 71.7 Å². The van der Waals surface area contributed by atoms with Gasteiger partial charge < -0.3 is 10.3 Å². The van der Waals surface area contributed by atoms with Crippen molar-refractivity contribution < 1.29 is 0 Å². The highest BCUT2D eigenvalue weighted by Crippen LogP contribution is 2.18. The number of aliphatic imine (C=N–C) groups is 2. The third-order valence-electron chi connectivity index (χ3n) is 4.80. The first-order valence-corrected chi connectivity index (χ1v) is 9.55. The zero-order chi connectivity index (χ0) is 19.2. The van der Waals surface area contributed by atoms with Crippen LogP contribution >= 0.6 is 0 Å². The van der Waals surface area contributed by atoms with E-state index in [4.69, 9.17) is 4.99 Å². The van der Waals surface area contributed by atoms with Crippen LogP contribution in [0.3, 0.4) is 0 Å². The molecule has 0 atom stereocenters. The van der Waals surface area contributed by atoms with Crippen molar-refractivity contribution in [1.29, 1.82) is 0 Å². The minimum atomic E-state index is 0.651. The van der Waals surface area contributed by atoms with Crippen molar-refractivity contribution in [2.24, 2.45) is 9.98 Å². The summed E-state index contributed by atoms with van der Waals surface area (Å²) < 4.78 is 0.